The molecule has 2 rings (SSSR count). The summed E-state index contributed by atoms with van der Waals surface area (Å²) in [5.41, 5.74) is 0.762. The van der Waals surface area contributed by atoms with E-state index < -0.39 is 0 Å². The monoisotopic (exact) mass is 353 g/mol. The molecule has 0 aliphatic rings. The van der Waals surface area contributed by atoms with E-state index in [9.17, 15) is 0 Å². The van der Waals surface area contributed by atoms with Gasteiger partial charge in [0.25, 0.3) is 0 Å². The second kappa shape index (κ2) is 11.9. The second-order valence-electron chi connectivity index (χ2n) is 5.41. The van der Waals surface area contributed by atoms with Gasteiger partial charge in [-0.05, 0) is 42.9 Å². The lowest BCUT2D eigenvalue weighted by atomic mass is 10.2. The summed E-state index contributed by atoms with van der Waals surface area (Å²) in [7, 11) is 0. The quantitative estimate of drug-likeness (QED) is 0.177. The van der Waals surface area contributed by atoms with Crippen molar-refractivity contribution in [3.8, 4) is 6.19 Å². The van der Waals surface area contributed by atoms with Crippen LogP contribution in [0.4, 0.5) is 5.69 Å². The minimum atomic E-state index is 0.480. The van der Waals surface area contributed by atoms with Crippen LogP contribution in [0.15, 0.2) is 64.7 Å². The van der Waals surface area contributed by atoms with Gasteiger partial charge in [0, 0.05) is 23.8 Å². The molecule has 0 saturated heterocycles. The van der Waals surface area contributed by atoms with E-state index in [4.69, 9.17) is 5.26 Å². The molecule has 0 amide bonds. The number of aromatic nitrogens is 1. The molecule has 1 aromatic carbocycles. The van der Waals surface area contributed by atoms with Gasteiger partial charge in [-0.1, -0.05) is 31.0 Å². The molecule has 0 fully saturated rings. The van der Waals surface area contributed by atoms with Crippen LogP contribution < -0.4 is 10.6 Å². The number of guanidine groups is 1. The van der Waals surface area contributed by atoms with Crippen molar-refractivity contribution in [3.63, 3.8) is 0 Å². The maximum atomic E-state index is 8.81. The number of benzene rings is 1. The van der Waals surface area contributed by atoms with E-state index in [0.29, 0.717) is 5.96 Å². The maximum absolute atomic E-state index is 8.81. The number of nitrogens with zero attached hydrogens (tertiary/aromatic N) is 3. The highest BCUT2D eigenvalue weighted by Crippen LogP contribution is 2.18. The van der Waals surface area contributed by atoms with Crippen molar-refractivity contribution in [2.75, 3.05) is 12.3 Å². The van der Waals surface area contributed by atoms with Crippen LogP contribution in [0.25, 0.3) is 0 Å². The SMILES string of the molecule is N#CNC(=Nc1ccncc1)NCCCCCCSc1ccccc1. The Morgan fingerprint density at radius 2 is 1.80 bits per heavy atom. The molecule has 0 saturated carbocycles. The normalized spacial score (nSPS) is 10.9. The fraction of sp³-hybridized carbons (Fsp3) is 0.316. The van der Waals surface area contributed by atoms with Crippen molar-refractivity contribution in [3.05, 3.63) is 54.9 Å². The number of hydrogen-bond donors (Lipinski definition) is 2. The molecule has 0 aliphatic carbocycles. The van der Waals surface area contributed by atoms with E-state index in [2.05, 4.69) is 44.9 Å². The third-order valence-corrected chi connectivity index (χ3v) is 4.55. The van der Waals surface area contributed by atoms with Crippen LogP contribution in [0, 0.1) is 11.5 Å². The summed E-state index contributed by atoms with van der Waals surface area (Å²) in [5.74, 6) is 1.63. The third kappa shape index (κ3) is 8.23. The van der Waals surface area contributed by atoms with Crippen molar-refractivity contribution in [1.29, 1.82) is 5.26 Å². The number of unbranched alkanes of at least 4 members (excludes halogenated alkanes) is 3. The molecule has 0 atom stereocenters. The van der Waals surface area contributed by atoms with Gasteiger partial charge in [-0.25, -0.2) is 4.99 Å². The molecule has 0 radical (unpaired) electrons. The third-order valence-electron chi connectivity index (χ3n) is 3.45. The fourth-order valence-corrected chi connectivity index (χ4v) is 3.14. The zero-order chi connectivity index (χ0) is 17.6. The van der Waals surface area contributed by atoms with Gasteiger partial charge in [-0.2, -0.15) is 5.26 Å². The molecule has 1 heterocycles. The van der Waals surface area contributed by atoms with Crippen molar-refractivity contribution >= 4 is 23.4 Å². The van der Waals surface area contributed by atoms with Crippen LogP contribution in [-0.4, -0.2) is 23.2 Å². The van der Waals surface area contributed by atoms with Crippen LogP contribution in [0.2, 0.25) is 0 Å². The molecule has 1 aromatic heterocycles. The summed E-state index contributed by atoms with van der Waals surface area (Å²) < 4.78 is 0. The van der Waals surface area contributed by atoms with Gasteiger partial charge in [-0.3, -0.25) is 10.3 Å². The summed E-state index contributed by atoms with van der Waals surface area (Å²) in [6.45, 7) is 0.796. The Kier molecular flexibility index (Phi) is 8.98. The summed E-state index contributed by atoms with van der Waals surface area (Å²) in [4.78, 5) is 9.65. The smallest absolute Gasteiger partial charge is 0.209 e. The number of thioether (sulfide) groups is 1. The highest BCUT2D eigenvalue weighted by Gasteiger charge is 1.98. The van der Waals surface area contributed by atoms with Gasteiger partial charge < -0.3 is 5.32 Å². The first kappa shape index (κ1) is 18.8. The Morgan fingerprint density at radius 3 is 2.56 bits per heavy atom. The lowest BCUT2D eigenvalue weighted by Gasteiger charge is -2.08. The van der Waals surface area contributed by atoms with E-state index in [0.717, 1.165) is 30.8 Å². The van der Waals surface area contributed by atoms with Crippen LogP contribution in [0.5, 0.6) is 0 Å². The van der Waals surface area contributed by atoms with E-state index in [1.165, 1.54) is 17.7 Å². The first-order valence-corrected chi connectivity index (χ1v) is 9.42. The summed E-state index contributed by atoms with van der Waals surface area (Å²) in [5, 5.41) is 14.6. The van der Waals surface area contributed by atoms with Gasteiger partial charge >= 0.3 is 0 Å². The summed E-state index contributed by atoms with van der Waals surface area (Å²) in [6, 6.07) is 14.1. The molecule has 130 valence electrons. The van der Waals surface area contributed by atoms with Crippen molar-refractivity contribution < 1.29 is 0 Å². The number of rotatable bonds is 9. The highest BCUT2D eigenvalue weighted by atomic mass is 32.2. The molecular weight excluding hydrogens is 330 g/mol. The Labute approximate surface area is 153 Å². The largest absolute Gasteiger partial charge is 0.355 e. The zero-order valence-corrected chi connectivity index (χ0v) is 15.0. The van der Waals surface area contributed by atoms with Gasteiger partial charge in [0.15, 0.2) is 6.19 Å². The first-order chi connectivity index (χ1) is 12.4. The Morgan fingerprint density at radius 1 is 1.04 bits per heavy atom. The van der Waals surface area contributed by atoms with Crippen molar-refractivity contribution in [2.45, 2.75) is 30.6 Å². The van der Waals surface area contributed by atoms with E-state index in [-0.39, 0.29) is 0 Å². The molecule has 0 spiro atoms. The Balaban J connectivity index is 1.58. The standard InChI is InChI=1S/C19H23N5S/c20-16-23-19(24-17-10-13-21-14-11-17)22-12-6-1-2-7-15-25-18-8-4-3-5-9-18/h3-5,8-11,13-14H,1-2,6-7,12,15H2,(H2,21,22,23,24). The lowest BCUT2D eigenvalue weighted by molar-refractivity contribution is 0.654. The molecule has 0 unspecified atom stereocenters. The highest BCUT2D eigenvalue weighted by molar-refractivity contribution is 7.99. The van der Waals surface area contributed by atoms with Gasteiger partial charge in [0.1, 0.15) is 0 Å². The Bertz CT molecular complexity index is 667. The van der Waals surface area contributed by atoms with Crippen LogP contribution in [-0.2, 0) is 0 Å². The lowest BCUT2D eigenvalue weighted by Crippen LogP contribution is -2.34. The average Bonchev–Trinajstić information content (AvgIpc) is 2.65. The molecule has 2 aromatic rings. The molecule has 0 bridgehead atoms. The number of nitriles is 1. The predicted octanol–water partition coefficient (Wildman–Crippen LogP) is 4.08. The summed E-state index contributed by atoms with van der Waals surface area (Å²) in [6.07, 6.45) is 9.91. The van der Waals surface area contributed by atoms with E-state index in [1.807, 2.05) is 24.0 Å². The minimum Gasteiger partial charge on any atom is -0.355 e. The molecular formula is C19H23N5S. The molecule has 0 aliphatic heterocycles. The van der Waals surface area contributed by atoms with E-state index >= 15 is 0 Å². The second-order valence-corrected chi connectivity index (χ2v) is 6.57. The fourth-order valence-electron chi connectivity index (χ4n) is 2.21. The van der Waals surface area contributed by atoms with Crippen LogP contribution >= 0.6 is 11.8 Å². The molecule has 25 heavy (non-hydrogen) atoms. The average molecular weight is 353 g/mol. The first-order valence-electron chi connectivity index (χ1n) is 8.44. The van der Waals surface area contributed by atoms with Crippen LogP contribution in [0.1, 0.15) is 25.7 Å². The zero-order valence-electron chi connectivity index (χ0n) is 14.2. The number of hydrogen-bond acceptors (Lipinski definition) is 4. The number of pyridine rings is 1. The van der Waals surface area contributed by atoms with E-state index in [1.54, 1.807) is 24.5 Å². The minimum absolute atomic E-state index is 0.480. The predicted molar refractivity (Wildman–Crippen MR) is 104 cm³/mol. The molecule has 2 N–H and O–H groups in total. The summed E-state index contributed by atoms with van der Waals surface area (Å²) >= 11 is 1.91. The van der Waals surface area contributed by atoms with Crippen molar-refractivity contribution in [1.82, 2.24) is 15.6 Å². The Hall–Kier alpha value is -2.52. The molecule has 6 heteroatoms. The molecule has 5 nitrogen and oxygen atoms in total. The van der Waals surface area contributed by atoms with Crippen molar-refractivity contribution in [2.24, 2.45) is 4.99 Å². The van der Waals surface area contributed by atoms with Crippen LogP contribution in [0.3, 0.4) is 0 Å². The van der Waals surface area contributed by atoms with Gasteiger partial charge in [0.05, 0.1) is 5.69 Å². The topological polar surface area (TPSA) is 73.1 Å². The maximum Gasteiger partial charge on any atom is 0.209 e. The number of aliphatic imine (C=N–C) groups is 1. The number of nitrogens with one attached hydrogen (secondary N) is 2. The van der Waals surface area contributed by atoms with Gasteiger partial charge in [0.2, 0.25) is 5.96 Å². The van der Waals surface area contributed by atoms with Gasteiger partial charge in [-0.15, -0.1) is 11.8 Å².